The largest absolute Gasteiger partial charge is 0.454 e. The van der Waals surface area contributed by atoms with E-state index in [-0.39, 0.29) is 6.04 Å². The highest BCUT2D eigenvalue weighted by Gasteiger charge is 2.32. The van der Waals surface area contributed by atoms with Crippen LogP contribution in [0.15, 0.2) is 17.1 Å². The second-order valence-electron chi connectivity index (χ2n) is 6.60. The van der Waals surface area contributed by atoms with Crippen LogP contribution < -0.4 is 10.9 Å². The van der Waals surface area contributed by atoms with Gasteiger partial charge in [-0.25, -0.2) is 0 Å². The molecule has 2 atom stereocenters. The molecule has 10 heteroatoms. The fraction of sp³-hybridized carbons (Fsp3) is 0.588. The summed E-state index contributed by atoms with van der Waals surface area (Å²) < 4.78 is 43.6. The maximum absolute atomic E-state index is 12.8. The average molecular weight is 409 g/mol. The zero-order valence-corrected chi connectivity index (χ0v) is 15.4. The Balaban J connectivity index is 1.93. The van der Waals surface area contributed by atoms with E-state index >= 15 is 0 Å². The lowest BCUT2D eigenvalue weighted by molar-refractivity contribution is -0.149. The van der Waals surface area contributed by atoms with Crippen LogP contribution in [0.3, 0.4) is 0 Å². The molecule has 27 heavy (non-hydrogen) atoms. The summed E-state index contributed by atoms with van der Waals surface area (Å²) in [6, 6.07) is 0.500. The molecule has 1 heterocycles. The van der Waals surface area contributed by atoms with Gasteiger partial charge in [0.15, 0.2) is 6.61 Å². The molecule has 0 aromatic carbocycles. The molecule has 1 aliphatic carbocycles. The Labute approximate surface area is 158 Å². The molecule has 1 aromatic heterocycles. The van der Waals surface area contributed by atoms with E-state index < -0.39 is 47.3 Å². The van der Waals surface area contributed by atoms with Gasteiger partial charge in [0.25, 0.3) is 11.5 Å². The van der Waals surface area contributed by atoms with E-state index in [2.05, 4.69) is 5.32 Å². The molecule has 1 fully saturated rings. The molecule has 6 nitrogen and oxygen atoms in total. The number of esters is 1. The normalized spacial score (nSPS) is 20.2. The number of aromatic nitrogens is 1. The zero-order chi connectivity index (χ0) is 20.2. The van der Waals surface area contributed by atoms with Crippen molar-refractivity contribution in [3.63, 3.8) is 0 Å². The summed E-state index contributed by atoms with van der Waals surface area (Å²) in [6.45, 7) is 0.680. The Morgan fingerprint density at radius 1 is 1.33 bits per heavy atom. The molecule has 1 aliphatic rings. The van der Waals surface area contributed by atoms with E-state index in [1.807, 2.05) is 6.92 Å². The van der Waals surface area contributed by atoms with Crippen LogP contribution in [0.5, 0.6) is 0 Å². The van der Waals surface area contributed by atoms with Crippen LogP contribution in [0.4, 0.5) is 13.2 Å². The summed E-state index contributed by atoms with van der Waals surface area (Å²) in [5.74, 6) is -1.18. The van der Waals surface area contributed by atoms with Crippen molar-refractivity contribution in [1.82, 2.24) is 9.88 Å². The number of carbonyl (C=O) groups is 2. The van der Waals surface area contributed by atoms with Crippen molar-refractivity contribution in [1.29, 1.82) is 0 Å². The average Bonchev–Trinajstić information content (AvgIpc) is 2.58. The van der Waals surface area contributed by atoms with Gasteiger partial charge in [-0.3, -0.25) is 14.4 Å². The van der Waals surface area contributed by atoms with Crippen molar-refractivity contribution in [2.75, 3.05) is 6.61 Å². The number of halogens is 4. The molecule has 1 saturated carbocycles. The lowest BCUT2D eigenvalue weighted by atomic mass is 9.86. The van der Waals surface area contributed by atoms with Crippen molar-refractivity contribution < 1.29 is 27.5 Å². The summed E-state index contributed by atoms with van der Waals surface area (Å²) in [7, 11) is 0. The molecule has 0 radical (unpaired) electrons. The topological polar surface area (TPSA) is 77.4 Å². The fourth-order valence-electron chi connectivity index (χ4n) is 2.98. The number of amides is 1. The third-order valence-corrected chi connectivity index (χ3v) is 4.76. The maximum Gasteiger partial charge on any atom is 0.417 e. The number of alkyl halides is 3. The van der Waals surface area contributed by atoms with Gasteiger partial charge < -0.3 is 14.6 Å². The highest BCUT2D eigenvalue weighted by molar-refractivity contribution is 6.30. The lowest BCUT2D eigenvalue weighted by Crippen LogP contribution is -2.43. The number of hydrogen-bond acceptors (Lipinski definition) is 4. The molecule has 1 amide bonds. The Hall–Kier alpha value is -2.03. The minimum atomic E-state index is -4.72. The standard InChI is InChI=1S/C17H20ClF3N2O4/c1-10-4-2-3-5-13(10)22-14(24)9-27-15(25)8-23-7-11(17(19,20)21)6-12(18)16(23)26/h6-7,10,13H,2-5,8-9H2,1H3,(H,22,24)/t10-,13-/m0/s1. The van der Waals surface area contributed by atoms with Gasteiger partial charge in [0.2, 0.25) is 0 Å². The van der Waals surface area contributed by atoms with Crippen molar-refractivity contribution in [3.8, 4) is 0 Å². The molecule has 0 unspecified atom stereocenters. The van der Waals surface area contributed by atoms with Gasteiger partial charge >= 0.3 is 12.1 Å². The summed E-state index contributed by atoms with van der Waals surface area (Å²) in [4.78, 5) is 35.5. The summed E-state index contributed by atoms with van der Waals surface area (Å²) in [5, 5.41) is 2.12. The van der Waals surface area contributed by atoms with Gasteiger partial charge in [-0.15, -0.1) is 0 Å². The quantitative estimate of drug-likeness (QED) is 0.760. The Bertz CT molecular complexity index is 764. The third-order valence-electron chi connectivity index (χ3n) is 4.49. The minimum Gasteiger partial charge on any atom is -0.454 e. The lowest BCUT2D eigenvalue weighted by Gasteiger charge is -2.29. The third kappa shape index (κ3) is 5.98. The van der Waals surface area contributed by atoms with E-state index in [9.17, 15) is 27.6 Å². The van der Waals surface area contributed by atoms with Gasteiger partial charge in [-0.2, -0.15) is 13.2 Å². The van der Waals surface area contributed by atoms with E-state index in [1.54, 1.807) is 0 Å². The molecule has 2 rings (SSSR count). The first-order chi connectivity index (χ1) is 12.6. The van der Waals surface area contributed by atoms with Crippen molar-refractivity contribution in [3.05, 3.63) is 33.2 Å². The second-order valence-corrected chi connectivity index (χ2v) is 7.01. The van der Waals surface area contributed by atoms with Crippen LogP contribution in [0.2, 0.25) is 5.02 Å². The van der Waals surface area contributed by atoms with Crippen LogP contribution in [0.25, 0.3) is 0 Å². The number of ether oxygens (including phenoxy) is 1. The van der Waals surface area contributed by atoms with Crippen LogP contribution in [0.1, 0.15) is 38.2 Å². The second kappa shape index (κ2) is 8.77. The number of pyridine rings is 1. The van der Waals surface area contributed by atoms with Gasteiger partial charge in [0, 0.05) is 12.2 Å². The molecule has 150 valence electrons. The van der Waals surface area contributed by atoms with Crippen LogP contribution in [-0.2, 0) is 27.0 Å². The highest BCUT2D eigenvalue weighted by Crippen LogP contribution is 2.29. The maximum atomic E-state index is 12.8. The van der Waals surface area contributed by atoms with Gasteiger partial charge in [0.1, 0.15) is 11.6 Å². The van der Waals surface area contributed by atoms with E-state index in [1.165, 1.54) is 0 Å². The monoisotopic (exact) mass is 408 g/mol. The Morgan fingerprint density at radius 3 is 2.63 bits per heavy atom. The number of rotatable bonds is 5. The SMILES string of the molecule is C[C@H]1CCCC[C@@H]1NC(=O)COC(=O)Cn1cc(C(F)(F)F)cc(Cl)c1=O. The van der Waals surface area contributed by atoms with Gasteiger partial charge in [0.05, 0.1) is 5.56 Å². The smallest absolute Gasteiger partial charge is 0.417 e. The molecular weight excluding hydrogens is 389 g/mol. The van der Waals surface area contributed by atoms with Crippen molar-refractivity contribution in [2.24, 2.45) is 5.92 Å². The predicted octanol–water partition coefficient (Wildman–Crippen LogP) is 2.76. The number of hydrogen-bond donors (Lipinski definition) is 1. The minimum absolute atomic E-state index is 0.00912. The van der Waals surface area contributed by atoms with Crippen LogP contribution in [0, 0.1) is 5.92 Å². The Morgan fingerprint density at radius 2 is 2.00 bits per heavy atom. The molecule has 0 spiro atoms. The molecular formula is C17H20ClF3N2O4. The first-order valence-corrected chi connectivity index (χ1v) is 8.88. The predicted molar refractivity (Wildman–Crippen MR) is 91.2 cm³/mol. The van der Waals surface area contributed by atoms with Crippen molar-refractivity contribution >= 4 is 23.5 Å². The van der Waals surface area contributed by atoms with Gasteiger partial charge in [-0.1, -0.05) is 31.4 Å². The Kier molecular flexibility index (Phi) is 6.91. The van der Waals surface area contributed by atoms with E-state index in [0.29, 0.717) is 22.7 Å². The summed E-state index contributed by atoms with van der Waals surface area (Å²) in [5.41, 5.74) is -2.12. The van der Waals surface area contributed by atoms with E-state index in [0.717, 1.165) is 25.7 Å². The molecule has 1 N–H and O–H groups in total. The summed E-state index contributed by atoms with van der Waals surface area (Å²) in [6.07, 6.45) is -0.271. The first-order valence-electron chi connectivity index (χ1n) is 8.50. The highest BCUT2D eigenvalue weighted by atomic mass is 35.5. The van der Waals surface area contributed by atoms with E-state index in [4.69, 9.17) is 16.3 Å². The number of carbonyl (C=O) groups excluding carboxylic acids is 2. The van der Waals surface area contributed by atoms with Crippen molar-refractivity contribution in [2.45, 2.75) is 51.4 Å². The molecule has 0 aliphatic heterocycles. The molecule has 0 bridgehead atoms. The van der Waals surface area contributed by atoms with Gasteiger partial charge in [-0.05, 0) is 24.8 Å². The summed E-state index contributed by atoms with van der Waals surface area (Å²) >= 11 is 5.51. The fourth-order valence-corrected chi connectivity index (χ4v) is 3.21. The van der Waals surface area contributed by atoms with Crippen LogP contribution >= 0.6 is 11.6 Å². The number of nitrogens with one attached hydrogen (secondary N) is 1. The first kappa shape index (κ1) is 21.3. The number of nitrogens with zero attached hydrogens (tertiary/aromatic N) is 1. The zero-order valence-electron chi connectivity index (χ0n) is 14.6. The van der Waals surface area contributed by atoms with Crippen LogP contribution in [-0.4, -0.2) is 29.1 Å². The molecule has 0 saturated heterocycles. The molecule has 1 aromatic rings.